The number of phenolic OH excluding ortho intramolecular Hbond substituents is 2. The molecule has 1 radical (unpaired) electrons. The molecule has 0 spiro atoms. The Hall–Kier alpha value is -1.18. The number of thiocarbonyl (C=S) groups is 1. The summed E-state index contributed by atoms with van der Waals surface area (Å²) in [5.74, 6) is -0.886. The zero-order valence-corrected chi connectivity index (χ0v) is 8.92. The molecule has 1 rings (SSSR count). The van der Waals surface area contributed by atoms with Crippen molar-refractivity contribution in [1.29, 1.82) is 0 Å². The summed E-state index contributed by atoms with van der Waals surface area (Å²) in [6, 6.07) is 3.30. The van der Waals surface area contributed by atoms with Gasteiger partial charge in [-0.15, -0.1) is 0 Å². The van der Waals surface area contributed by atoms with Crippen LogP contribution in [0.1, 0.15) is 10.8 Å². The van der Waals surface area contributed by atoms with Gasteiger partial charge < -0.3 is 10.2 Å². The molecule has 1 aromatic carbocycles. The van der Waals surface area contributed by atoms with Crippen LogP contribution in [0.4, 0.5) is 0 Å². The highest BCUT2D eigenvalue weighted by Gasteiger charge is 2.23. The molecule has 15 heavy (non-hydrogen) atoms. The van der Waals surface area contributed by atoms with Crippen LogP contribution in [0, 0.1) is 0 Å². The van der Waals surface area contributed by atoms with E-state index in [1.165, 1.54) is 6.07 Å². The minimum atomic E-state index is -4.41. The Morgan fingerprint density at radius 3 is 2.27 bits per heavy atom. The van der Waals surface area contributed by atoms with Crippen LogP contribution in [0.5, 0.6) is 11.5 Å². The van der Waals surface area contributed by atoms with E-state index < -0.39 is 26.9 Å². The summed E-state index contributed by atoms with van der Waals surface area (Å²) in [7, 11) is -4.41. The Morgan fingerprint density at radius 2 is 1.87 bits per heavy atom. The van der Waals surface area contributed by atoms with E-state index in [1.807, 2.05) is 5.37 Å². The van der Waals surface area contributed by atoms with E-state index >= 15 is 0 Å². The summed E-state index contributed by atoms with van der Waals surface area (Å²) in [6.45, 7) is 0. The average molecular weight is 247 g/mol. The highest BCUT2D eigenvalue weighted by Crippen LogP contribution is 2.29. The standard InChI is InChI=1S/C8H7O5S2/c9-6-2-1-5(3-7(6)10)8(4-14)15(11,12)13/h1-3,8-10H,(H,11,12,13). The van der Waals surface area contributed by atoms with Crippen LogP contribution >= 0.6 is 12.2 Å². The third kappa shape index (κ3) is 2.65. The van der Waals surface area contributed by atoms with Gasteiger partial charge in [-0.1, -0.05) is 18.3 Å². The smallest absolute Gasteiger partial charge is 0.277 e. The van der Waals surface area contributed by atoms with Gasteiger partial charge in [0.25, 0.3) is 10.1 Å². The number of rotatable bonds is 3. The first-order valence-corrected chi connectivity index (χ1v) is 5.63. The molecule has 0 aromatic heterocycles. The molecule has 0 saturated carbocycles. The SMILES string of the molecule is O=S(=O)(O)C([C]=S)c1ccc(O)c(O)c1. The third-order valence-corrected chi connectivity index (χ3v) is 3.08. The van der Waals surface area contributed by atoms with Gasteiger partial charge in [0.05, 0.1) is 5.37 Å². The van der Waals surface area contributed by atoms with Crippen LogP contribution in [0.3, 0.4) is 0 Å². The molecule has 0 saturated heterocycles. The molecule has 0 bridgehead atoms. The lowest BCUT2D eigenvalue weighted by molar-refractivity contribution is 0.403. The molecule has 0 aliphatic carbocycles. The summed E-state index contributed by atoms with van der Waals surface area (Å²) in [4.78, 5) is 0. The second-order valence-corrected chi connectivity index (χ2v) is 4.50. The zero-order chi connectivity index (χ0) is 11.6. The van der Waals surface area contributed by atoms with Crippen LogP contribution in [0.15, 0.2) is 18.2 Å². The van der Waals surface area contributed by atoms with Crippen molar-refractivity contribution < 1.29 is 23.2 Å². The molecule has 0 amide bonds. The van der Waals surface area contributed by atoms with Gasteiger partial charge in [0.15, 0.2) is 11.5 Å². The molecule has 0 heterocycles. The van der Waals surface area contributed by atoms with Gasteiger partial charge in [-0.2, -0.15) is 8.42 Å². The monoisotopic (exact) mass is 247 g/mol. The number of hydrogen-bond donors (Lipinski definition) is 3. The van der Waals surface area contributed by atoms with Crippen molar-refractivity contribution in [2.75, 3.05) is 0 Å². The third-order valence-electron chi connectivity index (χ3n) is 1.71. The van der Waals surface area contributed by atoms with Gasteiger partial charge in [-0.05, 0) is 17.7 Å². The molecular formula is C8H7O5S2. The zero-order valence-electron chi connectivity index (χ0n) is 7.28. The normalized spacial score (nSPS) is 13.4. The molecule has 0 aliphatic rings. The summed E-state index contributed by atoms with van der Waals surface area (Å²) in [5.41, 5.74) is 0.0304. The number of hydrogen-bond acceptors (Lipinski definition) is 5. The van der Waals surface area contributed by atoms with E-state index in [9.17, 15) is 8.42 Å². The fraction of sp³-hybridized carbons (Fsp3) is 0.125. The van der Waals surface area contributed by atoms with Crippen LogP contribution in [-0.2, 0) is 10.1 Å². The minimum absolute atomic E-state index is 0.0304. The van der Waals surface area contributed by atoms with E-state index in [4.69, 9.17) is 14.8 Å². The van der Waals surface area contributed by atoms with E-state index in [0.717, 1.165) is 12.1 Å². The van der Waals surface area contributed by atoms with Crippen molar-refractivity contribution in [3.8, 4) is 11.5 Å². The van der Waals surface area contributed by atoms with Crippen molar-refractivity contribution in [2.45, 2.75) is 5.25 Å². The highest BCUT2D eigenvalue weighted by molar-refractivity contribution is 7.89. The van der Waals surface area contributed by atoms with Gasteiger partial charge in [-0.25, -0.2) is 0 Å². The van der Waals surface area contributed by atoms with Crippen molar-refractivity contribution in [1.82, 2.24) is 0 Å². The molecule has 1 unspecified atom stereocenters. The molecule has 0 aliphatic heterocycles. The maximum atomic E-state index is 10.8. The van der Waals surface area contributed by atoms with E-state index in [-0.39, 0.29) is 5.56 Å². The Morgan fingerprint density at radius 1 is 1.27 bits per heavy atom. The second kappa shape index (κ2) is 4.13. The molecule has 1 aromatic rings. The lowest BCUT2D eigenvalue weighted by atomic mass is 10.1. The molecule has 7 heteroatoms. The first kappa shape index (κ1) is 11.9. The average Bonchev–Trinajstić information content (AvgIpc) is 2.10. The topological polar surface area (TPSA) is 94.8 Å². The van der Waals surface area contributed by atoms with Gasteiger partial charge in [0.1, 0.15) is 5.25 Å². The van der Waals surface area contributed by atoms with Crippen molar-refractivity contribution in [3.05, 3.63) is 23.8 Å². The lowest BCUT2D eigenvalue weighted by Crippen LogP contribution is -2.12. The van der Waals surface area contributed by atoms with Crippen LogP contribution < -0.4 is 0 Å². The van der Waals surface area contributed by atoms with Crippen molar-refractivity contribution >= 4 is 27.7 Å². The first-order valence-electron chi connectivity index (χ1n) is 3.72. The Bertz CT molecular complexity index is 480. The lowest BCUT2D eigenvalue weighted by Gasteiger charge is -2.08. The summed E-state index contributed by atoms with van der Waals surface area (Å²) in [5, 5.41) is 18.6. The Kier molecular flexibility index (Phi) is 3.28. The van der Waals surface area contributed by atoms with Gasteiger partial charge in [0.2, 0.25) is 0 Å². The molecule has 3 N–H and O–H groups in total. The molecular weight excluding hydrogens is 240 g/mol. The van der Waals surface area contributed by atoms with Crippen LogP contribution in [-0.4, -0.2) is 28.6 Å². The van der Waals surface area contributed by atoms with Crippen LogP contribution in [0.25, 0.3) is 0 Å². The number of aromatic hydroxyl groups is 2. The second-order valence-electron chi connectivity index (χ2n) is 2.76. The molecule has 0 fully saturated rings. The van der Waals surface area contributed by atoms with Gasteiger partial charge in [0, 0.05) is 0 Å². The van der Waals surface area contributed by atoms with E-state index in [2.05, 4.69) is 12.2 Å². The maximum absolute atomic E-state index is 10.8. The molecule has 1 atom stereocenters. The van der Waals surface area contributed by atoms with Gasteiger partial charge >= 0.3 is 0 Å². The first-order chi connectivity index (χ1) is 6.86. The molecule has 5 nitrogen and oxygen atoms in total. The fourth-order valence-electron chi connectivity index (χ4n) is 1.00. The van der Waals surface area contributed by atoms with Crippen LogP contribution in [0.2, 0.25) is 0 Å². The Labute approximate surface area is 91.7 Å². The van der Waals surface area contributed by atoms with E-state index in [0.29, 0.717) is 0 Å². The predicted molar refractivity (Wildman–Crippen MR) is 56.7 cm³/mol. The van der Waals surface area contributed by atoms with E-state index in [1.54, 1.807) is 0 Å². The number of benzene rings is 1. The van der Waals surface area contributed by atoms with Crippen molar-refractivity contribution in [2.24, 2.45) is 0 Å². The summed E-state index contributed by atoms with van der Waals surface area (Å²) < 4.78 is 30.5. The summed E-state index contributed by atoms with van der Waals surface area (Å²) >= 11 is 4.35. The fourth-order valence-corrected chi connectivity index (χ4v) is 2.12. The van der Waals surface area contributed by atoms with Gasteiger partial charge in [-0.3, -0.25) is 4.55 Å². The Balaban J connectivity index is 3.26. The quantitative estimate of drug-likeness (QED) is 0.417. The predicted octanol–water partition coefficient (Wildman–Crippen LogP) is 0.903. The minimum Gasteiger partial charge on any atom is -0.504 e. The van der Waals surface area contributed by atoms with Crippen molar-refractivity contribution in [3.63, 3.8) is 0 Å². The summed E-state index contributed by atoms with van der Waals surface area (Å²) in [6.07, 6.45) is 0. The maximum Gasteiger partial charge on any atom is 0.277 e. The number of phenols is 2. The highest BCUT2D eigenvalue weighted by atomic mass is 32.2. The molecule has 81 valence electrons. The largest absolute Gasteiger partial charge is 0.504 e.